The molecule has 2 saturated heterocycles. The first-order chi connectivity index (χ1) is 14.4. The lowest BCUT2D eigenvalue weighted by Gasteiger charge is -2.45. The number of ether oxygens (including phenoxy) is 1. The van der Waals surface area contributed by atoms with Gasteiger partial charge in [0.15, 0.2) is 5.11 Å². The molecule has 0 saturated carbocycles. The fraction of sp³-hybridized carbons (Fsp3) is 0.652. The van der Waals surface area contributed by atoms with Crippen LogP contribution in [-0.4, -0.2) is 65.9 Å². The molecule has 2 heterocycles. The van der Waals surface area contributed by atoms with E-state index < -0.39 is 0 Å². The van der Waals surface area contributed by atoms with Gasteiger partial charge < -0.3 is 19.9 Å². The monoisotopic (exact) mass is 432 g/mol. The fourth-order valence-corrected chi connectivity index (χ4v) is 4.84. The molecule has 0 bridgehead atoms. The molecule has 3 rings (SSSR count). The molecular formula is C23H36N4O2S. The fourth-order valence-electron chi connectivity index (χ4n) is 4.54. The number of hydrogen-bond donors (Lipinski definition) is 2. The smallest absolute Gasteiger partial charge is 0.241 e. The van der Waals surface area contributed by atoms with Gasteiger partial charge in [-0.15, -0.1) is 0 Å². The molecule has 1 amide bonds. The van der Waals surface area contributed by atoms with Gasteiger partial charge in [0.1, 0.15) is 0 Å². The molecule has 7 heteroatoms. The Kier molecular flexibility index (Phi) is 7.71. The quantitative estimate of drug-likeness (QED) is 0.509. The average molecular weight is 433 g/mol. The molecule has 0 unspecified atom stereocenters. The lowest BCUT2D eigenvalue weighted by Crippen LogP contribution is -2.60. The standard InChI is InChI=1S/C23H36N4O2S/c1-5-18(3)20-21(28)27(12-7-15-29-4)23(25-20)10-13-26(14-11-23)22(30)24-19-9-6-8-17(2)16-19/h6,8-9,16,18,20,25H,5,7,10-15H2,1-4H3,(H,24,30)/t18-,20+/m1/s1. The van der Waals surface area contributed by atoms with Gasteiger partial charge in [-0.3, -0.25) is 10.1 Å². The number of likely N-dealkylation sites (tertiary alicyclic amines) is 1. The van der Waals surface area contributed by atoms with Crippen molar-refractivity contribution in [3.63, 3.8) is 0 Å². The maximum Gasteiger partial charge on any atom is 0.241 e. The van der Waals surface area contributed by atoms with Crippen LogP contribution in [0.4, 0.5) is 5.69 Å². The third-order valence-corrected chi connectivity index (χ3v) is 6.92. The summed E-state index contributed by atoms with van der Waals surface area (Å²) in [6.45, 7) is 9.45. The number of aryl methyl sites for hydroxylation is 1. The van der Waals surface area contributed by atoms with Crippen LogP contribution >= 0.6 is 12.2 Å². The Morgan fingerprint density at radius 2 is 2.13 bits per heavy atom. The summed E-state index contributed by atoms with van der Waals surface area (Å²) in [4.78, 5) is 17.5. The maximum absolute atomic E-state index is 13.2. The van der Waals surface area contributed by atoms with Crippen molar-refractivity contribution in [2.45, 2.75) is 58.2 Å². The minimum Gasteiger partial charge on any atom is -0.385 e. The van der Waals surface area contributed by atoms with Crippen LogP contribution in [0.15, 0.2) is 24.3 Å². The summed E-state index contributed by atoms with van der Waals surface area (Å²) in [5.41, 5.74) is 1.96. The number of amides is 1. The molecule has 1 aromatic rings. The Morgan fingerprint density at radius 1 is 1.40 bits per heavy atom. The largest absolute Gasteiger partial charge is 0.385 e. The van der Waals surface area contributed by atoms with Crippen LogP contribution < -0.4 is 10.6 Å². The average Bonchev–Trinajstić information content (AvgIpc) is 3.00. The highest BCUT2D eigenvalue weighted by Gasteiger charge is 2.52. The number of piperidine rings is 1. The Hall–Kier alpha value is -1.70. The Labute approximate surface area is 186 Å². The lowest BCUT2D eigenvalue weighted by molar-refractivity contribution is -0.134. The molecule has 30 heavy (non-hydrogen) atoms. The van der Waals surface area contributed by atoms with E-state index in [1.807, 2.05) is 12.1 Å². The van der Waals surface area contributed by atoms with Crippen molar-refractivity contribution in [1.82, 2.24) is 15.1 Å². The number of carbonyl (C=O) groups excluding carboxylic acids is 1. The Bertz CT molecular complexity index is 748. The van der Waals surface area contributed by atoms with Gasteiger partial charge in [0.25, 0.3) is 0 Å². The summed E-state index contributed by atoms with van der Waals surface area (Å²) < 4.78 is 5.23. The van der Waals surface area contributed by atoms with Gasteiger partial charge in [-0.05, 0) is 49.2 Å². The molecule has 0 aromatic heterocycles. The maximum atomic E-state index is 13.2. The summed E-state index contributed by atoms with van der Waals surface area (Å²) in [6, 6.07) is 8.15. The van der Waals surface area contributed by atoms with Gasteiger partial charge in [-0.1, -0.05) is 32.4 Å². The first kappa shape index (κ1) is 23.0. The zero-order valence-electron chi connectivity index (χ0n) is 18.7. The van der Waals surface area contributed by atoms with E-state index in [0.29, 0.717) is 12.5 Å². The topological polar surface area (TPSA) is 56.8 Å². The zero-order chi connectivity index (χ0) is 21.7. The molecule has 6 nitrogen and oxygen atoms in total. The predicted octanol–water partition coefficient (Wildman–Crippen LogP) is 3.37. The molecular weight excluding hydrogens is 396 g/mol. The molecule has 2 N–H and O–H groups in total. The summed E-state index contributed by atoms with van der Waals surface area (Å²) in [7, 11) is 1.71. The number of rotatable bonds is 7. The van der Waals surface area contributed by atoms with Gasteiger partial charge in [-0.25, -0.2) is 0 Å². The number of hydrogen-bond acceptors (Lipinski definition) is 4. The van der Waals surface area contributed by atoms with Crippen molar-refractivity contribution in [1.29, 1.82) is 0 Å². The summed E-state index contributed by atoms with van der Waals surface area (Å²) in [5.74, 6) is 0.568. The molecule has 0 radical (unpaired) electrons. The SMILES string of the molecule is CC[C@@H](C)[C@@H]1NC2(CCN(C(=S)Nc3cccc(C)c3)CC2)N(CCCOC)C1=O. The highest BCUT2D eigenvalue weighted by atomic mass is 32.1. The van der Waals surface area contributed by atoms with Crippen molar-refractivity contribution >= 4 is 28.9 Å². The summed E-state index contributed by atoms with van der Waals surface area (Å²) >= 11 is 5.68. The number of nitrogens with one attached hydrogen (secondary N) is 2. The third kappa shape index (κ3) is 4.95. The number of thiocarbonyl (C=S) groups is 1. The van der Waals surface area contributed by atoms with Gasteiger partial charge in [0.05, 0.1) is 11.7 Å². The Morgan fingerprint density at radius 3 is 2.77 bits per heavy atom. The second-order valence-corrected chi connectivity index (χ2v) is 9.05. The van der Waals surface area contributed by atoms with Crippen LogP contribution in [0.5, 0.6) is 0 Å². The number of carbonyl (C=O) groups is 1. The third-order valence-electron chi connectivity index (χ3n) is 6.56. The van der Waals surface area contributed by atoms with E-state index in [4.69, 9.17) is 17.0 Å². The molecule has 0 aliphatic carbocycles. The van der Waals surface area contributed by atoms with Crippen LogP contribution in [0.25, 0.3) is 0 Å². The molecule has 2 aliphatic heterocycles. The highest BCUT2D eigenvalue weighted by molar-refractivity contribution is 7.80. The normalized spacial score (nSPS) is 21.9. The van der Waals surface area contributed by atoms with Crippen LogP contribution in [0, 0.1) is 12.8 Å². The van der Waals surface area contributed by atoms with Crippen molar-refractivity contribution < 1.29 is 9.53 Å². The second kappa shape index (κ2) is 10.1. The van der Waals surface area contributed by atoms with Crippen LogP contribution in [0.2, 0.25) is 0 Å². The van der Waals surface area contributed by atoms with E-state index in [1.165, 1.54) is 5.56 Å². The molecule has 166 valence electrons. The zero-order valence-corrected chi connectivity index (χ0v) is 19.6. The van der Waals surface area contributed by atoms with E-state index in [-0.39, 0.29) is 17.6 Å². The van der Waals surface area contributed by atoms with Crippen LogP contribution in [0.1, 0.15) is 45.1 Å². The lowest BCUT2D eigenvalue weighted by atomic mass is 9.95. The van der Waals surface area contributed by atoms with Crippen LogP contribution in [-0.2, 0) is 9.53 Å². The number of anilines is 1. The van der Waals surface area contributed by atoms with Crippen molar-refractivity contribution in [3.8, 4) is 0 Å². The van der Waals surface area contributed by atoms with E-state index in [0.717, 1.165) is 56.1 Å². The van der Waals surface area contributed by atoms with Gasteiger partial charge in [-0.2, -0.15) is 0 Å². The van der Waals surface area contributed by atoms with Gasteiger partial charge in [0, 0.05) is 51.9 Å². The first-order valence-corrected chi connectivity index (χ1v) is 11.5. The minimum atomic E-state index is -0.269. The Balaban J connectivity index is 1.66. The van der Waals surface area contributed by atoms with E-state index >= 15 is 0 Å². The van der Waals surface area contributed by atoms with Crippen molar-refractivity contribution in [2.75, 3.05) is 38.7 Å². The minimum absolute atomic E-state index is 0.0959. The first-order valence-electron chi connectivity index (χ1n) is 11.1. The summed E-state index contributed by atoms with van der Waals surface area (Å²) in [6.07, 6.45) is 3.58. The highest BCUT2D eigenvalue weighted by Crippen LogP contribution is 2.35. The number of benzene rings is 1. The molecule has 2 aliphatic rings. The van der Waals surface area contributed by atoms with Crippen LogP contribution in [0.3, 0.4) is 0 Å². The van der Waals surface area contributed by atoms with Crippen molar-refractivity contribution in [3.05, 3.63) is 29.8 Å². The molecule has 2 fully saturated rings. The van der Waals surface area contributed by atoms with E-state index in [9.17, 15) is 4.79 Å². The van der Waals surface area contributed by atoms with E-state index in [1.54, 1.807) is 7.11 Å². The van der Waals surface area contributed by atoms with Crippen molar-refractivity contribution in [2.24, 2.45) is 5.92 Å². The molecule has 1 spiro atoms. The number of methoxy groups -OCH3 is 1. The number of nitrogens with zero attached hydrogens (tertiary/aromatic N) is 2. The summed E-state index contributed by atoms with van der Waals surface area (Å²) in [5, 5.41) is 7.87. The predicted molar refractivity (Wildman–Crippen MR) is 126 cm³/mol. The van der Waals surface area contributed by atoms with Gasteiger partial charge >= 0.3 is 0 Å². The van der Waals surface area contributed by atoms with E-state index in [2.05, 4.69) is 53.3 Å². The second-order valence-electron chi connectivity index (χ2n) is 8.66. The molecule has 2 atom stereocenters. The van der Waals surface area contributed by atoms with Gasteiger partial charge in [0.2, 0.25) is 5.91 Å². The molecule has 1 aromatic carbocycles.